The van der Waals surface area contributed by atoms with E-state index in [1.165, 1.54) is 64.0 Å². The van der Waals surface area contributed by atoms with Gasteiger partial charge < -0.3 is 9.80 Å². The molecule has 0 bridgehead atoms. The SMILES string of the molecule is c1ccc(N2CCC(N3CCCCC3)CC2)cc1. The molecular formula is C16H24N2. The Labute approximate surface area is 111 Å². The van der Waals surface area contributed by atoms with Crippen LogP contribution in [0.15, 0.2) is 30.3 Å². The van der Waals surface area contributed by atoms with Crippen molar-refractivity contribution < 1.29 is 0 Å². The summed E-state index contributed by atoms with van der Waals surface area (Å²) in [6.07, 6.45) is 6.96. The van der Waals surface area contributed by atoms with E-state index in [1.54, 1.807) is 0 Å². The quantitative estimate of drug-likeness (QED) is 0.788. The van der Waals surface area contributed by atoms with Crippen LogP contribution >= 0.6 is 0 Å². The topological polar surface area (TPSA) is 6.48 Å². The Hall–Kier alpha value is -1.02. The highest BCUT2D eigenvalue weighted by Gasteiger charge is 2.25. The third kappa shape index (κ3) is 2.69. The van der Waals surface area contributed by atoms with Gasteiger partial charge in [-0.05, 0) is 50.9 Å². The van der Waals surface area contributed by atoms with E-state index < -0.39 is 0 Å². The lowest BCUT2D eigenvalue weighted by Gasteiger charge is -2.41. The average molecular weight is 244 g/mol. The number of para-hydroxylation sites is 1. The van der Waals surface area contributed by atoms with E-state index in [9.17, 15) is 0 Å². The molecule has 0 N–H and O–H groups in total. The van der Waals surface area contributed by atoms with Gasteiger partial charge in [0.1, 0.15) is 0 Å². The molecule has 0 aromatic heterocycles. The van der Waals surface area contributed by atoms with E-state index in [1.807, 2.05) is 0 Å². The number of rotatable bonds is 2. The Morgan fingerprint density at radius 2 is 1.44 bits per heavy atom. The molecule has 0 atom stereocenters. The second-order valence-electron chi connectivity index (χ2n) is 5.65. The molecule has 1 aromatic rings. The Morgan fingerprint density at radius 3 is 2.11 bits per heavy atom. The van der Waals surface area contributed by atoms with E-state index in [4.69, 9.17) is 0 Å². The highest BCUT2D eigenvalue weighted by molar-refractivity contribution is 5.46. The van der Waals surface area contributed by atoms with Gasteiger partial charge in [0.25, 0.3) is 0 Å². The Balaban J connectivity index is 1.54. The van der Waals surface area contributed by atoms with Crippen LogP contribution in [0.2, 0.25) is 0 Å². The van der Waals surface area contributed by atoms with E-state index >= 15 is 0 Å². The predicted octanol–water partition coefficient (Wildman–Crippen LogP) is 3.14. The molecule has 18 heavy (non-hydrogen) atoms. The monoisotopic (exact) mass is 244 g/mol. The molecule has 0 radical (unpaired) electrons. The summed E-state index contributed by atoms with van der Waals surface area (Å²) in [6.45, 7) is 5.14. The van der Waals surface area contributed by atoms with Crippen LogP contribution in [-0.4, -0.2) is 37.1 Å². The summed E-state index contributed by atoms with van der Waals surface area (Å²) < 4.78 is 0. The second kappa shape index (κ2) is 5.75. The first-order valence-corrected chi connectivity index (χ1v) is 7.47. The molecule has 2 saturated heterocycles. The normalized spacial score (nSPS) is 23.2. The molecule has 2 fully saturated rings. The maximum atomic E-state index is 2.74. The van der Waals surface area contributed by atoms with Gasteiger partial charge in [0.05, 0.1) is 0 Å². The zero-order chi connectivity index (χ0) is 12.2. The molecule has 2 nitrogen and oxygen atoms in total. The number of hydrogen-bond donors (Lipinski definition) is 0. The van der Waals surface area contributed by atoms with Crippen LogP contribution in [0.5, 0.6) is 0 Å². The standard InChI is InChI=1S/C16H24N2/c1-3-7-15(8-4-1)18-13-9-16(10-14-18)17-11-5-2-6-12-17/h1,3-4,7-8,16H,2,5-6,9-14H2. The molecule has 2 heterocycles. The van der Waals surface area contributed by atoms with Crippen molar-refractivity contribution >= 4 is 5.69 Å². The van der Waals surface area contributed by atoms with Crippen LogP contribution in [-0.2, 0) is 0 Å². The summed E-state index contributed by atoms with van der Waals surface area (Å²) in [5.41, 5.74) is 1.40. The molecule has 3 rings (SSSR count). The minimum absolute atomic E-state index is 0.852. The highest BCUT2D eigenvalue weighted by atomic mass is 15.2. The zero-order valence-corrected chi connectivity index (χ0v) is 11.2. The van der Waals surface area contributed by atoms with Crippen LogP contribution in [0.3, 0.4) is 0 Å². The maximum Gasteiger partial charge on any atom is 0.0366 e. The number of benzene rings is 1. The number of piperidine rings is 2. The third-order valence-corrected chi connectivity index (χ3v) is 4.49. The fraction of sp³-hybridized carbons (Fsp3) is 0.625. The summed E-state index contributed by atoms with van der Waals surface area (Å²) >= 11 is 0. The summed E-state index contributed by atoms with van der Waals surface area (Å²) in [7, 11) is 0. The lowest BCUT2D eigenvalue weighted by molar-refractivity contribution is 0.141. The average Bonchev–Trinajstić information content (AvgIpc) is 2.49. The molecule has 0 amide bonds. The van der Waals surface area contributed by atoms with Crippen LogP contribution in [0, 0.1) is 0 Å². The first-order valence-electron chi connectivity index (χ1n) is 7.47. The molecule has 0 aliphatic carbocycles. The van der Waals surface area contributed by atoms with Gasteiger partial charge in [0.2, 0.25) is 0 Å². The van der Waals surface area contributed by atoms with Gasteiger partial charge in [0, 0.05) is 24.8 Å². The molecule has 2 aliphatic heterocycles. The van der Waals surface area contributed by atoms with Crippen LogP contribution in [0.4, 0.5) is 5.69 Å². The van der Waals surface area contributed by atoms with Gasteiger partial charge in [0.15, 0.2) is 0 Å². The van der Waals surface area contributed by atoms with Gasteiger partial charge in [-0.3, -0.25) is 0 Å². The summed E-state index contributed by atoms with van der Waals surface area (Å²) in [6, 6.07) is 11.7. The molecule has 0 spiro atoms. The first kappa shape index (κ1) is 12.0. The lowest BCUT2D eigenvalue weighted by atomic mass is 9.99. The highest BCUT2D eigenvalue weighted by Crippen LogP contribution is 2.24. The van der Waals surface area contributed by atoms with Crippen molar-refractivity contribution in [3.05, 3.63) is 30.3 Å². The van der Waals surface area contributed by atoms with Crippen molar-refractivity contribution in [1.29, 1.82) is 0 Å². The van der Waals surface area contributed by atoms with Crippen LogP contribution < -0.4 is 4.90 Å². The van der Waals surface area contributed by atoms with Crippen molar-refractivity contribution in [1.82, 2.24) is 4.90 Å². The lowest BCUT2D eigenvalue weighted by Crippen LogP contribution is -2.46. The summed E-state index contributed by atoms with van der Waals surface area (Å²) in [5, 5.41) is 0. The van der Waals surface area contributed by atoms with E-state index in [2.05, 4.69) is 40.1 Å². The number of anilines is 1. The Morgan fingerprint density at radius 1 is 0.778 bits per heavy atom. The summed E-state index contributed by atoms with van der Waals surface area (Å²) in [4.78, 5) is 5.28. The Bertz CT molecular complexity index is 349. The molecule has 1 aromatic carbocycles. The van der Waals surface area contributed by atoms with Crippen molar-refractivity contribution in [3.8, 4) is 0 Å². The van der Waals surface area contributed by atoms with Crippen LogP contribution in [0.25, 0.3) is 0 Å². The fourth-order valence-electron chi connectivity index (χ4n) is 3.41. The number of likely N-dealkylation sites (tertiary alicyclic amines) is 1. The third-order valence-electron chi connectivity index (χ3n) is 4.49. The molecule has 2 aliphatic rings. The molecule has 0 saturated carbocycles. The number of nitrogens with zero attached hydrogens (tertiary/aromatic N) is 2. The Kier molecular flexibility index (Phi) is 3.84. The van der Waals surface area contributed by atoms with E-state index in [0.717, 1.165) is 6.04 Å². The van der Waals surface area contributed by atoms with Crippen LogP contribution in [0.1, 0.15) is 32.1 Å². The van der Waals surface area contributed by atoms with Crippen molar-refractivity contribution in [2.24, 2.45) is 0 Å². The first-order chi connectivity index (χ1) is 8.93. The van der Waals surface area contributed by atoms with Gasteiger partial charge in [-0.25, -0.2) is 0 Å². The number of hydrogen-bond acceptors (Lipinski definition) is 2. The molecule has 0 unspecified atom stereocenters. The predicted molar refractivity (Wildman–Crippen MR) is 77.1 cm³/mol. The van der Waals surface area contributed by atoms with Gasteiger partial charge in [-0.2, -0.15) is 0 Å². The van der Waals surface area contributed by atoms with Crippen molar-refractivity contribution in [2.75, 3.05) is 31.1 Å². The minimum atomic E-state index is 0.852. The molecule has 98 valence electrons. The zero-order valence-electron chi connectivity index (χ0n) is 11.2. The van der Waals surface area contributed by atoms with E-state index in [-0.39, 0.29) is 0 Å². The minimum Gasteiger partial charge on any atom is -0.371 e. The van der Waals surface area contributed by atoms with Crippen molar-refractivity contribution in [3.63, 3.8) is 0 Å². The van der Waals surface area contributed by atoms with Gasteiger partial charge in [-0.15, -0.1) is 0 Å². The second-order valence-corrected chi connectivity index (χ2v) is 5.65. The van der Waals surface area contributed by atoms with Crippen molar-refractivity contribution in [2.45, 2.75) is 38.1 Å². The van der Waals surface area contributed by atoms with Gasteiger partial charge in [-0.1, -0.05) is 24.6 Å². The molecule has 2 heteroatoms. The van der Waals surface area contributed by atoms with E-state index in [0.29, 0.717) is 0 Å². The maximum absolute atomic E-state index is 2.74. The fourth-order valence-corrected chi connectivity index (χ4v) is 3.41. The smallest absolute Gasteiger partial charge is 0.0366 e. The largest absolute Gasteiger partial charge is 0.371 e. The van der Waals surface area contributed by atoms with Gasteiger partial charge >= 0.3 is 0 Å². The summed E-state index contributed by atoms with van der Waals surface area (Å²) in [5.74, 6) is 0. The molecular weight excluding hydrogens is 220 g/mol.